The Balaban J connectivity index is 2.09. The molecule has 2 saturated carbocycles. The zero-order chi connectivity index (χ0) is 14.2. The molecule has 110 valence electrons. The van der Waals surface area contributed by atoms with Crippen LogP contribution < -0.4 is 5.32 Å². The zero-order valence-electron chi connectivity index (χ0n) is 12.6. The molecule has 0 amide bonds. The maximum absolute atomic E-state index is 11.9. The molecule has 4 nitrogen and oxygen atoms in total. The van der Waals surface area contributed by atoms with Gasteiger partial charge in [0.05, 0.1) is 0 Å². The third-order valence-corrected chi connectivity index (χ3v) is 4.70. The van der Waals surface area contributed by atoms with E-state index in [2.05, 4.69) is 24.2 Å². The van der Waals surface area contributed by atoms with E-state index in [1.165, 1.54) is 12.8 Å². The molecule has 0 aromatic carbocycles. The van der Waals surface area contributed by atoms with Crippen molar-refractivity contribution in [1.82, 2.24) is 10.2 Å². The second-order valence-electron chi connectivity index (χ2n) is 6.84. The Hall–Kier alpha value is -0.610. The topological polar surface area (TPSA) is 52.6 Å². The van der Waals surface area contributed by atoms with Gasteiger partial charge in [0.1, 0.15) is 5.54 Å². The van der Waals surface area contributed by atoms with Crippen molar-refractivity contribution in [3.63, 3.8) is 0 Å². The Kier molecular flexibility index (Phi) is 4.21. The first-order valence-corrected chi connectivity index (χ1v) is 7.58. The molecule has 4 heteroatoms. The first-order chi connectivity index (χ1) is 8.86. The molecule has 2 fully saturated rings. The second kappa shape index (κ2) is 5.41. The fourth-order valence-electron chi connectivity index (χ4n) is 3.16. The van der Waals surface area contributed by atoms with Gasteiger partial charge in [-0.25, -0.2) is 0 Å². The monoisotopic (exact) mass is 268 g/mol. The maximum atomic E-state index is 11.9. The fraction of sp³-hybridized carbons (Fsp3) is 0.933. The molecule has 0 spiro atoms. The van der Waals surface area contributed by atoms with Crippen molar-refractivity contribution >= 4 is 5.97 Å². The molecule has 2 unspecified atom stereocenters. The van der Waals surface area contributed by atoms with E-state index in [1.807, 2.05) is 13.8 Å². The number of likely N-dealkylation sites (N-methyl/N-ethyl adjacent to an activating group) is 1. The average molecular weight is 268 g/mol. The van der Waals surface area contributed by atoms with E-state index >= 15 is 0 Å². The number of carboxylic acids is 1. The van der Waals surface area contributed by atoms with Gasteiger partial charge in [0, 0.05) is 18.6 Å². The molecule has 0 aromatic heterocycles. The number of nitrogens with zero attached hydrogens (tertiary/aromatic N) is 1. The predicted molar refractivity (Wildman–Crippen MR) is 76.2 cm³/mol. The number of rotatable bonds is 8. The summed E-state index contributed by atoms with van der Waals surface area (Å²) in [5.74, 6) is 0.384. The quantitative estimate of drug-likeness (QED) is 0.706. The van der Waals surface area contributed by atoms with Crippen molar-refractivity contribution in [3.05, 3.63) is 0 Å². The lowest BCUT2D eigenvalue weighted by Crippen LogP contribution is -2.63. The van der Waals surface area contributed by atoms with Crippen LogP contribution in [0.2, 0.25) is 0 Å². The van der Waals surface area contributed by atoms with Gasteiger partial charge in [-0.15, -0.1) is 0 Å². The van der Waals surface area contributed by atoms with Crippen LogP contribution in [0.5, 0.6) is 0 Å². The van der Waals surface area contributed by atoms with Crippen LogP contribution in [0.3, 0.4) is 0 Å². The normalized spacial score (nSPS) is 24.5. The van der Waals surface area contributed by atoms with Crippen LogP contribution in [0.25, 0.3) is 0 Å². The van der Waals surface area contributed by atoms with Gasteiger partial charge >= 0.3 is 5.97 Å². The Labute approximate surface area is 116 Å². The maximum Gasteiger partial charge on any atom is 0.325 e. The van der Waals surface area contributed by atoms with Gasteiger partial charge in [-0.2, -0.15) is 0 Å². The highest BCUT2D eigenvalue weighted by molar-refractivity contribution is 5.80. The Bertz CT molecular complexity index is 337. The SMILES string of the molecule is CC(C)NC(CN(C)C(C)C1CC1)(C(=O)O)C1CC1. The molecule has 2 aliphatic carbocycles. The number of hydrogen-bond donors (Lipinski definition) is 2. The first kappa shape index (κ1) is 14.8. The summed E-state index contributed by atoms with van der Waals surface area (Å²) in [5, 5.41) is 13.1. The average Bonchev–Trinajstić information content (AvgIpc) is 3.17. The van der Waals surface area contributed by atoms with Crippen LogP contribution in [0.4, 0.5) is 0 Å². The smallest absolute Gasteiger partial charge is 0.325 e. The zero-order valence-corrected chi connectivity index (χ0v) is 12.6. The standard InChI is InChI=1S/C15H28N2O2/c1-10(2)16-15(14(18)19,13-7-8-13)9-17(4)11(3)12-5-6-12/h10-13,16H,5-9H2,1-4H3,(H,18,19). The summed E-state index contributed by atoms with van der Waals surface area (Å²) in [6.45, 7) is 6.91. The molecule has 0 aromatic rings. The third kappa shape index (κ3) is 3.29. The van der Waals surface area contributed by atoms with E-state index in [0.717, 1.165) is 18.8 Å². The fourth-order valence-corrected chi connectivity index (χ4v) is 3.16. The van der Waals surface area contributed by atoms with Crippen LogP contribution >= 0.6 is 0 Å². The summed E-state index contributed by atoms with van der Waals surface area (Å²) in [7, 11) is 2.07. The van der Waals surface area contributed by atoms with Crippen molar-refractivity contribution < 1.29 is 9.90 Å². The van der Waals surface area contributed by atoms with Crippen molar-refractivity contribution in [2.24, 2.45) is 11.8 Å². The summed E-state index contributed by atoms with van der Waals surface area (Å²) in [5.41, 5.74) is -0.758. The summed E-state index contributed by atoms with van der Waals surface area (Å²) in [6.07, 6.45) is 4.68. The van der Waals surface area contributed by atoms with Crippen LogP contribution in [-0.2, 0) is 4.79 Å². The van der Waals surface area contributed by atoms with Crippen LogP contribution in [0.1, 0.15) is 46.5 Å². The molecule has 0 radical (unpaired) electrons. The highest BCUT2D eigenvalue weighted by Crippen LogP contribution is 2.42. The molecule has 0 bridgehead atoms. The lowest BCUT2D eigenvalue weighted by molar-refractivity contribution is -0.147. The van der Waals surface area contributed by atoms with E-state index in [0.29, 0.717) is 18.5 Å². The van der Waals surface area contributed by atoms with E-state index in [9.17, 15) is 9.90 Å². The van der Waals surface area contributed by atoms with E-state index in [1.54, 1.807) is 0 Å². The Morgan fingerprint density at radius 2 is 1.89 bits per heavy atom. The third-order valence-electron chi connectivity index (χ3n) is 4.70. The summed E-state index contributed by atoms with van der Waals surface area (Å²) in [4.78, 5) is 14.1. The van der Waals surface area contributed by atoms with Crippen LogP contribution in [0, 0.1) is 11.8 Å². The number of carboxylic acid groups (broad SMARTS) is 1. The van der Waals surface area contributed by atoms with E-state index in [-0.39, 0.29) is 6.04 Å². The number of hydrogen-bond acceptors (Lipinski definition) is 3. The van der Waals surface area contributed by atoms with Gasteiger partial charge in [0.15, 0.2) is 0 Å². The summed E-state index contributed by atoms with van der Waals surface area (Å²) < 4.78 is 0. The van der Waals surface area contributed by atoms with Crippen LogP contribution in [0.15, 0.2) is 0 Å². The van der Waals surface area contributed by atoms with E-state index < -0.39 is 11.5 Å². The van der Waals surface area contributed by atoms with Crippen LogP contribution in [-0.4, -0.2) is 47.2 Å². The molecule has 2 N–H and O–H groups in total. The van der Waals surface area contributed by atoms with Gasteiger partial charge in [-0.3, -0.25) is 10.1 Å². The lowest BCUT2D eigenvalue weighted by atomic mass is 9.90. The van der Waals surface area contributed by atoms with E-state index in [4.69, 9.17) is 0 Å². The predicted octanol–water partition coefficient (Wildman–Crippen LogP) is 1.95. The molecular formula is C15H28N2O2. The van der Waals surface area contributed by atoms with Gasteiger partial charge in [-0.1, -0.05) is 0 Å². The molecular weight excluding hydrogens is 240 g/mol. The highest BCUT2D eigenvalue weighted by Gasteiger charge is 2.52. The Morgan fingerprint density at radius 1 is 1.32 bits per heavy atom. The molecule has 2 rings (SSSR count). The van der Waals surface area contributed by atoms with Crippen molar-refractivity contribution in [2.75, 3.05) is 13.6 Å². The van der Waals surface area contributed by atoms with Gasteiger partial charge < -0.3 is 10.0 Å². The molecule has 0 saturated heterocycles. The number of aliphatic carboxylic acids is 1. The Morgan fingerprint density at radius 3 is 2.26 bits per heavy atom. The minimum atomic E-state index is -0.758. The molecule has 2 aliphatic rings. The van der Waals surface area contributed by atoms with Gasteiger partial charge in [-0.05, 0) is 65.3 Å². The lowest BCUT2D eigenvalue weighted by Gasteiger charge is -2.38. The molecule has 0 aliphatic heterocycles. The van der Waals surface area contributed by atoms with Crippen molar-refractivity contribution in [2.45, 2.75) is 64.1 Å². The second-order valence-corrected chi connectivity index (χ2v) is 6.84. The molecule has 2 atom stereocenters. The molecule has 0 heterocycles. The van der Waals surface area contributed by atoms with Crippen molar-refractivity contribution in [3.8, 4) is 0 Å². The highest BCUT2D eigenvalue weighted by atomic mass is 16.4. The number of nitrogens with one attached hydrogen (secondary N) is 1. The van der Waals surface area contributed by atoms with Gasteiger partial charge in [0.25, 0.3) is 0 Å². The minimum Gasteiger partial charge on any atom is -0.480 e. The first-order valence-electron chi connectivity index (χ1n) is 7.58. The summed E-state index contributed by atoms with van der Waals surface area (Å²) in [6, 6.07) is 0.688. The minimum absolute atomic E-state index is 0.196. The van der Waals surface area contributed by atoms with Gasteiger partial charge in [0.2, 0.25) is 0 Å². The number of carbonyl (C=O) groups is 1. The molecule has 19 heavy (non-hydrogen) atoms. The largest absolute Gasteiger partial charge is 0.480 e. The van der Waals surface area contributed by atoms with Crippen molar-refractivity contribution in [1.29, 1.82) is 0 Å². The summed E-state index contributed by atoms with van der Waals surface area (Å²) >= 11 is 0.